The summed E-state index contributed by atoms with van der Waals surface area (Å²) in [7, 11) is 0. The normalized spacial score (nSPS) is 22.3. The monoisotopic (exact) mass is 629 g/mol. The van der Waals surface area contributed by atoms with Crippen LogP contribution in [0.3, 0.4) is 0 Å². The van der Waals surface area contributed by atoms with E-state index >= 15 is 0 Å². The number of carbonyl (C=O) groups excluding carboxylic acids is 3. The molecule has 1 unspecified atom stereocenters. The number of hydrogen-bond acceptors (Lipinski definition) is 6. The third kappa shape index (κ3) is 6.01. The van der Waals surface area contributed by atoms with Gasteiger partial charge in [0.1, 0.15) is 12.4 Å². The molecule has 2 aromatic rings. The molecule has 0 bridgehead atoms. The summed E-state index contributed by atoms with van der Waals surface area (Å²) in [5.74, 6) is -2.85. The van der Waals surface area contributed by atoms with Gasteiger partial charge in [0.15, 0.2) is 11.5 Å². The largest absolute Gasteiger partial charge is 0.447 e. The highest BCUT2D eigenvalue weighted by atomic mass is 19.4. The summed E-state index contributed by atoms with van der Waals surface area (Å²) in [6.45, 7) is -0.467. The van der Waals surface area contributed by atoms with Gasteiger partial charge in [-0.05, 0) is 48.2 Å². The molecule has 2 atom stereocenters. The van der Waals surface area contributed by atoms with Crippen LogP contribution in [0.2, 0.25) is 0 Å². The van der Waals surface area contributed by atoms with E-state index < -0.39 is 90.6 Å². The van der Waals surface area contributed by atoms with Crippen LogP contribution < -0.4 is 5.73 Å². The van der Waals surface area contributed by atoms with Gasteiger partial charge in [0.05, 0.1) is 23.7 Å². The van der Waals surface area contributed by atoms with Gasteiger partial charge in [-0.25, -0.2) is 14.2 Å². The Balaban J connectivity index is 1.43. The van der Waals surface area contributed by atoms with Crippen molar-refractivity contribution in [1.82, 2.24) is 14.7 Å². The fourth-order valence-corrected chi connectivity index (χ4v) is 5.69. The minimum Gasteiger partial charge on any atom is -0.447 e. The van der Waals surface area contributed by atoms with Crippen LogP contribution in [0.5, 0.6) is 0 Å². The van der Waals surface area contributed by atoms with Gasteiger partial charge in [0.25, 0.3) is 11.8 Å². The molecule has 44 heavy (non-hydrogen) atoms. The van der Waals surface area contributed by atoms with Gasteiger partial charge in [0.2, 0.25) is 0 Å². The number of hydrogen-bond donors (Lipinski definition) is 1. The molecule has 0 radical (unpaired) electrons. The quantitative estimate of drug-likeness (QED) is 0.457. The second kappa shape index (κ2) is 11.3. The van der Waals surface area contributed by atoms with Gasteiger partial charge < -0.3 is 15.4 Å². The first-order chi connectivity index (χ1) is 20.6. The highest BCUT2D eigenvalue weighted by molar-refractivity contribution is 6.07. The number of carbonyl (C=O) groups is 3. The third-order valence-electron chi connectivity index (χ3n) is 7.87. The van der Waals surface area contributed by atoms with E-state index in [1.807, 2.05) is 0 Å². The zero-order valence-electron chi connectivity index (χ0n) is 22.9. The van der Waals surface area contributed by atoms with Crippen molar-refractivity contribution < 1.29 is 49.9 Å². The van der Waals surface area contributed by atoms with Gasteiger partial charge in [-0.2, -0.15) is 26.3 Å². The highest BCUT2D eigenvalue weighted by Gasteiger charge is 2.49. The molecule has 3 heterocycles. The van der Waals surface area contributed by atoms with Crippen molar-refractivity contribution in [2.45, 2.75) is 49.7 Å². The number of nitrogens with two attached hydrogens (primary N) is 1. The number of piperazine rings is 1. The van der Waals surface area contributed by atoms with Crippen molar-refractivity contribution in [1.29, 1.82) is 0 Å². The number of halogens is 7. The molecule has 2 fully saturated rings. The van der Waals surface area contributed by atoms with E-state index in [0.29, 0.717) is 6.07 Å². The van der Waals surface area contributed by atoms with Crippen LogP contribution in [0.4, 0.5) is 35.5 Å². The van der Waals surface area contributed by atoms with E-state index in [1.54, 1.807) is 0 Å². The molecule has 5 rings (SSSR count). The number of nitrogens with zero attached hydrogens (tertiary/aromatic N) is 4. The summed E-state index contributed by atoms with van der Waals surface area (Å²) < 4.78 is 99.3. The number of guanidine groups is 1. The fraction of sp³-hybridized carbons (Fsp3) is 0.429. The first-order valence-corrected chi connectivity index (χ1v) is 13.5. The van der Waals surface area contributed by atoms with E-state index in [-0.39, 0.29) is 37.4 Å². The average Bonchev–Trinajstić information content (AvgIpc) is 3.43. The van der Waals surface area contributed by atoms with Crippen LogP contribution in [0.1, 0.15) is 46.3 Å². The molecule has 16 heteroatoms. The topological polar surface area (TPSA) is 109 Å². The predicted molar refractivity (Wildman–Crippen MR) is 139 cm³/mol. The highest BCUT2D eigenvalue weighted by Crippen LogP contribution is 2.40. The lowest BCUT2D eigenvalue weighted by Crippen LogP contribution is -2.53. The molecule has 2 saturated heterocycles. The molecule has 2 aromatic carbocycles. The SMILES string of the molecule is NC1=N[C@](CCCC(F)(F)F)(c2ccc(F)cc2)C(=O)N1Cc1ccc(C(F)(F)F)c(C(=O)N2CCN3C(=O)OCC3C2)c1. The zero-order chi connectivity index (χ0) is 32.0. The summed E-state index contributed by atoms with van der Waals surface area (Å²) >= 11 is 0. The molecular weight excluding hydrogens is 603 g/mol. The number of ether oxygens (including phenoxy) is 1. The zero-order valence-corrected chi connectivity index (χ0v) is 22.9. The minimum atomic E-state index is -4.90. The number of aliphatic imine (C=N–C) groups is 1. The van der Waals surface area contributed by atoms with Gasteiger partial charge in [0, 0.05) is 26.1 Å². The summed E-state index contributed by atoms with van der Waals surface area (Å²) in [6, 6.07) is 6.68. The molecule has 3 amide bonds. The number of alkyl halides is 6. The molecule has 3 aliphatic heterocycles. The van der Waals surface area contributed by atoms with Gasteiger partial charge in [-0.15, -0.1) is 0 Å². The van der Waals surface area contributed by atoms with Gasteiger partial charge >= 0.3 is 18.4 Å². The van der Waals surface area contributed by atoms with Crippen LogP contribution >= 0.6 is 0 Å². The lowest BCUT2D eigenvalue weighted by Gasteiger charge is -2.35. The van der Waals surface area contributed by atoms with Crippen LogP contribution in [0, 0.1) is 5.82 Å². The molecule has 2 N–H and O–H groups in total. The first-order valence-electron chi connectivity index (χ1n) is 13.5. The lowest BCUT2D eigenvalue weighted by molar-refractivity contribution is -0.139. The Kier molecular flexibility index (Phi) is 7.97. The Labute approximate surface area is 246 Å². The number of fused-ring (bicyclic) bond motifs is 1. The van der Waals surface area contributed by atoms with E-state index in [4.69, 9.17) is 10.5 Å². The third-order valence-corrected chi connectivity index (χ3v) is 7.87. The predicted octanol–water partition coefficient (Wildman–Crippen LogP) is 4.41. The molecule has 9 nitrogen and oxygen atoms in total. The van der Waals surface area contributed by atoms with Crippen LogP contribution in [0.15, 0.2) is 47.5 Å². The molecule has 0 aliphatic carbocycles. The molecule has 0 saturated carbocycles. The summed E-state index contributed by atoms with van der Waals surface area (Å²) in [5.41, 5.74) is 2.38. The number of benzene rings is 2. The smallest absolute Gasteiger partial charge is 0.417 e. The van der Waals surface area contributed by atoms with Crippen LogP contribution in [-0.4, -0.2) is 77.0 Å². The first kappa shape index (κ1) is 31.1. The second-order valence-electron chi connectivity index (χ2n) is 10.8. The maximum atomic E-state index is 14.0. The Morgan fingerprint density at radius 1 is 1.05 bits per heavy atom. The molecule has 236 valence electrons. The molecular formula is C28H26F7N5O4. The van der Waals surface area contributed by atoms with Crippen LogP contribution in [0.25, 0.3) is 0 Å². The van der Waals surface area contributed by atoms with Gasteiger partial charge in [-0.1, -0.05) is 18.2 Å². The lowest BCUT2D eigenvalue weighted by atomic mass is 9.84. The maximum absolute atomic E-state index is 14.0. The van der Waals surface area contributed by atoms with Crippen molar-refractivity contribution in [2.75, 3.05) is 26.2 Å². The number of cyclic esters (lactones) is 1. The molecule has 0 aromatic heterocycles. The van der Waals surface area contributed by atoms with Gasteiger partial charge in [-0.3, -0.25) is 19.4 Å². The Hall–Kier alpha value is -4.37. The van der Waals surface area contributed by atoms with E-state index in [0.717, 1.165) is 29.2 Å². The summed E-state index contributed by atoms with van der Waals surface area (Å²) in [4.78, 5) is 46.7. The van der Waals surface area contributed by atoms with E-state index in [1.165, 1.54) is 21.9 Å². The Morgan fingerprint density at radius 2 is 1.75 bits per heavy atom. The van der Waals surface area contributed by atoms with E-state index in [9.17, 15) is 45.1 Å². The number of rotatable bonds is 7. The molecule has 0 spiro atoms. The number of amides is 3. The van der Waals surface area contributed by atoms with Crippen molar-refractivity contribution in [3.05, 3.63) is 70.5 Å². The van der Waals surface area contributed by atoms with E-state index in [2.05, 4.69) is 4.99 Å². The standard InChI is InChI=1S/C28H26F7N5O4/c29-18-5-3-17(4-6-18)26(8-1-9-27(30,31)32)23(42)40(24(36)37-26)13-16-2-7-21(28(33,34)35)20(12-16)22(41)38-10-11-39-19(14-38)15-44-25(39)43/h2-7,12,19H,1,8-11,13-15H2,(H2,36,37)/t19?,26-/m1/s1. The fourth-order valence-electron chi connectivity index (χ4n) is 5.69. The van der Waals surface area contributed by atoms with Crippen LogP contribution in [-0.2, 0) is 27.8 Å². The Bertz CT molecular complexity index is 1490. The van der Waals surface area contributed by atoms with Crippen molar-refractivity contribution in [2.24, 2.45) is 10.7 Å². The maximum Gasteiger partial charge on any atom is 0.417 e. The second-order valence-corrected chi connectivity index (χ2v) is 10.8. The van der Waals surface area contributed by atoms with Crippen molar-refractivity contribution in [3.63, 3.8) is 0 Å². The minimum absolute atomic E-state index is 0.0107. The Morgan fingerprint density at radius 3 is 2.41 bits per heavy atom. The summed E-state index contributed by atoms with van der Waals surface area (Å²) in [5, 5.41) is 0. The van der Waals surface area contributed by atoms with Crippen molar-refractivity contribution >= 4 is 23.9 Å². The molecule has 3 aliphatic rings. The summed E-state index contributed by atoms with van der Waals surface area (Å²) in [6.07, 6.45) is -12.1. The van der Waals surface area contributed by atoms with Crippen molar-refractivity contribution in [3.8, 4) is 0 Å². The average molecular weight is 630 g/mol.